The largest absolute Gasteiger partial charge is 0.461 e. The minimum absolute atomic E-state index is 0.175. The maximum atomic E-state index is 6.17. The van der Waals surface area contributed by atoms with E-state index in [1.54, 1.807) is 4.52 Å². The topological polar surface area (TPSA) is 61.8 Å². The summed E-state index contributed by atoms with van der Waals surface area (Å²) in [4.78, 5) is 4.21. The van der Waals surface area contributed by atoms with Crippen molar-refractivity contribution in [3.05, 3.63) is 16.2 Å². The van der Waals surface area contributed by atoms with Crippen LogP contribution in [0.15, 0.2) is 9.15 Å². The molecule has 1 saturated heterocycles. The molecule has 2 atom stereocenters. The summed E-state index contributed by atoms with van der Waals surface area (Å²) in [5, 5.41) is 4.36. The van der Waals surface area contributed by atoms with Crippen LogP contribution >= 0.6 is 15.9 Å². The Kier molecular flexibility index (Phi) is 2.92. The number of hydrogen-bond donors (Lipinski definition) is 0. The lowest BCUT2D eigenvalue weighted by atomic mass is 9.80. The standard InChI is InChI=1S/C14H19BBrN3O3/c1-7-10(19-12(20-7)17-11(16)18-19)8-6-9(8)15-21-13(2,3)14(4,5)22-15/h8-9H,6H2,1-5H3/t8-,9-/m1/s1. The van der Waals surface area contributed by atoms with Gasteiger partial charge in [-0.1, -0.05) is 0 Å². The number of nitrogens with zero attached hydrogens (tertiary/aromatic N) is 3. The van der Waals surface area contributed by atoms with Crippen molar-refractivity contribution in [2.24, 2.45) is 0 Å². The molecule has 0 spiro atoms. The molecule has 1 saturated carbocycles. The Hall–Kier alpha value is -0.855. The summed E-state index contributed by atoms with van der Waals surface area (Å²) < 4.78 is 20.4. The van der Waals surface area contributed by atoms with Crippen molar-refractivity contribution in [1.29, 1.82) is 0 Å². The number of fused-ring (bicyclic) bond motifs is 1. The van der Waals surface area contributed by atoms with Crippen molar-refractivity contribution in [2.75, 3.05) is 0 Å². The van der Waals surface area contributed by atoms with Crippen LogP contribution in [0.5, 0.6) is 0 Å². The molecule has 0 unspecified atom stereocenters. The second-order valence-corrected chi connectivity index (χ2v) is 7.96. The fraction of sp³-hybridized carbons (Fsp3) is 0.714. The zero-order valence-electron chi connectivity index (χ0n) is 13.4. The molecule has 6 nitrogen and oxygen atoms in total. The summed E-state index contributed by atoms with van der Waals surface area (Å²) in [5.41, 5.74) is 0.497. The normalized spacial score (nSPS) is 29.5. The van der Waals surface area contributed by atoms with Crippen molar-refractivity contribution < 1.29 is 13.7 Å². The predicted octanol–water partition coefficient (Wildman–Crippen LogP) is 3.34. The third-order valence-electron chi connectivity index (χ3n) is 5.20. The molecule has 0 N–H and O–H groups in total. The van der Waals surface area contributed by atoms with E-state index in [2.05, 4.69) is 53.7 Å². The van der Waals surface area contributed by atoms with Crippen molar-refractivity contribution in [3.8, 4) is 0 Å². The fourth-order valence-electron chi connectivity index (χ4n) is 3.15. The molecular formula is C14H19BBrN3O3. The number of oxazole rings is 1. The van der Waals surface area contributed by atoms with Crippen molar-refractivity contribution in [1.82, 2.24) is 14.6 Å². The van der Waals surface area contributed by atoms with Gasteiger partial charge in [0.05, 0.1) is 16.9 Å². The summed E-state index contributed by atoms with van der Waals surface area (Å²) in [6.07, 6.45) is 1.02. The lowest BCUT2D eigenvalue weighted by Gasteiger charge is -2.32. The molecular weight excluding hydrogens is 349 g/mol. The van der Waals surface area contributed by atoms with E-state index >= 15 is 0 Å². The monoisotopic (exact) mass is 367 g/mol. The maximum absolute atomic E-state index is 6.17. The zero-order chi connectivity index (χ0) is 15.9. The Labute approximate surface area is 137 Å². The molecule has 2 aromatic rings. The predicted molar refractivity (Wildman–Crippen MR) is 84.9 cm³/mol. The van der Waals surface area contributed by atoms with E-state index in [0.717, 1.165) is 17.9 Å². The van der Waals surface area contributed by atoms with E-state index in [0.29, 0.717) is 22.3 Å². The first kappa shape index (κ1) is 14.7. The second kappa shape index (κ2) is 4.36. The average Bonchev–Trinajstić information content (AvgIpc) is 2.91. The molecule has 2 aliphatic rings. The van der Waals surface area contributed by atoms with Crippen LogP contribution in [0.3, 0.4) is 0 Å². The summed E-state index contributed by atoms with van der Waals surface area (Å²) in [6, 6.07) is 0. The molecule has 0 bridgehead atoms. The average molecular weight is 368 g/mol. The summed E-state index contributed by atoms with van der Waals surface area (Å²) >= 11 is 3.29. The van der Waals surface area contributed by atoms with E-state index in [1.165, 1.54) is 0 Å². The first-order valence-corrected chi connectivity index (χ1v) is 8.36. The number of aromatic nitrogens is 3. The lowest BCUT2D eigenvalue weighted by molar-refractivity contribution is 0.00578. The third-order valence-corrected chi connectivity index (χ3v) is 5.53. The van der Waals surface area contributed by atoms with E-state index in [4.69, 9.17) is 13.7 Å². The van der Waals surface area contributed by atoms with Gasteiger partial charge in [-0.25, -0.2) is 0 Å². The molecule has 1 aliphatic carbocycles. The van der Waals surface area contributed by atoms with Crippen molar-refractivity contribution in [3.63, 3.8) is 0 Å². The summed E-state index contributed by atoms with van der Waals surface area (Å²) in [5.74, 6) is 2.07. The summed E-state index contributed by atoms with van der Waals surface area (Å²) in [6.45, 7) is 10.3. The molecule has 0 amide bonds. The molecule has 22 heavy (non-hydrogen) atoms. The molecule has 2 aromatic heterocycles. The molecule has 4 rings (SSSR count). The highest BCUT2D eigenvalue weighted by Gasteiger charge is 2.61. The number of rotatable bonds is 2. The number of hydrogen-bond acceptors (Lipinski definition) is 5. The van der Waals surface area contributed by atoms with E-state index in [1.807, 2.05) is 6.92 Å². The highest BCUT2D eigenvalue weighted by molar-refractivity contribution is 9.10. The highest BCUT2D eigenvalue weighted by atomic mass is 79.9. The quantitative estimate of drug-likeness (QED) is 0.761. The maximum Gasteiger partial charge on any atom is 0.461 e. The van der Waals surface area contributed by atoms with Crippen LogP contribution in [0.2, 0.25) is 5.82 Å². The van der Waals surface area contributed by atoms with Gasteiger partial charge in [-0.05, 0) is 57.0 Å². The van der Waals surface area contributed by atoms with E-state index < -0.39 is 0 Å². The van der Waals surface area contributed by atoms with E-state index in [-0.39, 0.29) is 18.3 Å². The molecule has 3 heterocycles. The molecule has 0 aromatic carbocycles. The number of halogens is 1. The van der Waals surface area contributed by atoms with Crippen LogP contribution < -0.4 is 0 Å². The smallest absolute Gasteiger partial charge is 0.427 e. The van der Waals surface area contributed by atoms with Gasteiger partial charge in [0.25, 0.3) is 0 Å². The van der Waals surface area contributed by atoms with Gasteiger partial charge in [0.1, 0.15) is 5.76 Å². The second-order valence-electron chi connectivity index (χ2n) is 7.25. The van der Waals surface area contributed by atoms with Gasteiger partial charge >= 0.3 is 13.0 Å². The first-order valence-electron chi connectivity index (χ1n) is 7.57. The summed E-state index contributed by atoms with van der Waals surface area (Å²) in [7, 11) is -0.175. The van der Waals surface area contributed by atoms with Gasteiger partial charge in [0.2, 0.25) is 4.73 Å². The van der Waals surface area contributed by atoms with Gasteiger partial charge in [0.15, 0.2) is 0 Å². The Balaban J connectivity index is 1.61. The molecule has 118 valence electrons. The van der Waals surface area contributed by atoms with Gasteiger partial charge in [-0.3, -0.25) is 0 Å². The number of aryl methyl sites for hydroxylation is 1. The fourth-order valence-corrected chi connectivity index (χ4v) is 3.46. The van der Waals surface area contributed by atoms with Crippen LogP contribution in [0.25, 0.3) is 5.84 Å². The van der Waals surface area contributed by atoms with Crippen molar-refractivity contribution >= 4 is 28.9 Å². The highest BCUT2D eigenvalue weighted by Crippen LogP contribution is 2.59. The van der Waals surface area contributed by atoms with Crippen molar-refractivity contribution in [2.45, 2.75) is 64.0 Å². The van der Waals surface area contributed by atoms with Gasteiger partial charge in [-0.2, -0.15) is 9.50 Å². The van der Waals surface area contributed by atoms with Gasteiger partial charge < -0.3 is 13.7 Å². The van der Waals surface area contributed by atoms with Gasteiger partial charge in [-0.15, -0.1) is 5.10 Å². The van der Waals surface area contributed by atoms with Crippen LogP contribution in [0.1, 0.15) is 51.5 Å². The van der Waals surface area contributed by atoms with Crippen LogP contribution in [-0.2, 0) is 9.31 Å². The van der Waals surface area contributed by atoms with Crippen LogP contribution in [-0.4, -0.2) is 32.9 Å². The first-order chi connectivity index (χ1) is 10.2. The Bertz CT molecular complexity index is 738. The third kappa shape index (κ3) is 2.00. The molecule has 1 aliphatic heterocycles. The van der Waals surface area contributed by atoms with Crippen LogP contribution in [0, 0.1) is 6.92 Å². The Morgan fingerprint density at radius 2 is 1.86 bits per heavy atom. The lowest BCUT2D eigenvalue weighted by Crippen LogP contribution is -2.41. The SMILES string of the molecule is Cc1oc2nc(Br)nn2c1[C@@H]1C[C@H]1B1OC(C)(C)C(C)(C)O1. The Morgan fingerprint density at radius 3 is 2.50 bits per heavy atom. The molecule has 0 radical (unpaired) electrons. The molecule has 2 fully saturated rings. The van der Waals surface area contributed by atoms with Crippen LogP contribution in [0.4, 0.5) is 0 Å². The Morgan fingerprint density at radius 1 is 1.23 bits per heavy atom. The minimum Gasteiger partial charge on any atom is -0.427 e. The zero-order valence-corrected chi connectivity index (χ0v) is 15.0. The van der Waals surface area contributed by atoms with Gasteiger partial charge in [0, 0.05) is 11.7 Å². The minimum atomic E-state index is -0.290. The van der Waals surface area contributed by atoms with E-state index in [9.17, 15) is 0 Å². The molecule has 8 heteroatoms.